The van der Waals surface area contributed by atoms with Crippen LogP contribution in [0.2, 0.25) is 0 Å². The van der Waals surface area contributed by atoms with Gasteiger partial charge in [-0.25, -0.2) is 13.1 Å². The molecule has 1 aromatic heterocycles. The Kier molecular flexibility index (Phi) is 4.89. The van der Waals surface area contributed by atoms with Crippen molar-refractivity contribution >= 4 is 43.8 Å². The van der Waals surface area contributed by atoms with Gasteiger partial charge in [0.2, 0.25) is 0 Å². The molecule has 2 N–H and O–H groups in total. The molecule has 1 aliphatic rings. The van der Waals surface area contributed by atoms with E-state index >= 15 is 0 Å². The first-order chi connectivity index (χ1) is 9.44. The summed E-state index contributed by atoms with van der Waals surface area (Å²) in [5.74, 6) is 1.86. The summed E-state index contributed by atoms with van der Waals surface area (Å²) in [6.45, 7) is 0. The van der Waals surface area contributed by atoms with Gasteiger partial charge in [-0.1, -0.05) is 11.3 Å². The van der Waals surface area contributed by atoms with Crippen LogP contribution in [-0.2, 0) is 10.0 Å². The standard InChI is InChI=1S/C10H15N3O4S3/c1-11-10-8(13(14)15)6-9(19-10)20(16,17)12-7-2-4-18-5-3-7/h6-7,11-12H,2-5H2,1H3. The van der Waals surface area contributed by atoms with Crippen molar-refractivity contribution in [2.75, 3.05) is 23.9 Å². The molecule has 1 saturated heterocycles. The number of thioether (sulfide) groups is 1. The third-order valence-electron chi connectivity index (χ3n) is 2.92. The van der Waals surface area contributed by atoms with Gasteiger partial charge in [0.15, 0.2) is 5.00 Å². The van der Waals surface area contributed by atoms with Crippen LogP contribution in [0.4, 0.5) is 10.7 Å². The second kappa shape index (κ2) is 6.29. The van der Waals surface area contributed by atoms with Crippen LogP contribution in [0, 0.1) is 10.1 Å². The van der Waals surface area contributed by atoms with Crippen LogP contribution in [0.1, 0.15) is 12.8 Å². The fourth-order valence-corrected chi connectivity index (χ4v) is 5.61. The highest BCUT2D eigenvalue weighted by molar-refractivity contribution is 7.99. The normalized spacial score (nSPS) is 17.1. The average Bonchev–Trinajstić information content (AvgIpc) is 2.84. The zero-order chi connectivity index (χ0) is 14.8. The predicted octanol–water partition coefficient (Wildman–Crippen LogP) is 1.87. The first-order valence-electron chi connectivity index (χ1n) is 6.00. The van der Waals surface area contributed by atoms with Crippen molar-refractivity contribution < 1.29 is 13.3 Å². The van der Waals surface area contributed by atoms with E-state index in [1.54, 1.807) is 11.8 Å². The maximum Gasteiger partial charge on any atom is 0.304 e. The highest BCUT2D eigenvalue weighted by atomic mass is 32.2. The maximum atomic E-state index is 12.2. The summed E-state index contributed by atoms with van der Waals surface area (Å²) in [7, 11) is -2.16. The fraction of sp³-hybridized carbons (Fsp3) is 0.600. The Hall–Kier alpha value is -0.840. The van der Waals surface area contributed by atoms with Gasteiger partial charge in [-0.3, -0.25) is 10.1 Å². The van der Waals surface area contributed by atoms with E-state index in [-0.39, 0.29) is 20.9 Å². The Morgan fingerprint density at radius 3 is 2.55 bits per heavy atom. The van der Waals surface area contributed by atoms with Gasteiger partial charge in [0, 0.05) is 19.2 Å². The first kappa shape index (κ1) is 15.5. The van der Waals surface area contributed by atoms with Crippen LogP contribution in [-0.4, -0.2) is 37.9 Å². The third kappa shape index (κ3) is 3.43. The van der Waals surface area contributed by atoms with Crippen molar-refractivity contribution in [1.82, 2.24) is 4.72 Å². The second-order valence-corrected chi connectivity index (χ2v) is 8.51. The maximum absolute atomic E-state index is 12.2. The lowest BCUT2D eigenvalue weighted by Gasteiger charge is -2.21. The Labute approximate surface area is 125 Å². The predicted molar refractivity (Wildman–Crippen MR) is 81.2 cm³/mol. The highest BCUT2D eigenvalue weighted by Gasteiger charge is 2.28. The van der Waals surface area contributed by atoms with E-state index in [4.69, 9.17) is 0 Å². The number of nitro groups is 1. The monoisotopic (exact) mass is 337 g/mol. The van der Waals surface area contributed by atoms with Gasteiger partial charge in [0.1, 0.15) is 4.21 Å². The Bertz CT molecular complexity index is 593. The first-order valence-corrected chi connectivity index (χ1v) is 9.45. The van der Waals surface area contributed by atoms with Crippen molar-refractivity contribution in [3.05, 3.63) is 16.2 Å². The summed E-state index contributed by atoms with van der Waals surface area (Å²) in [6.07, 6.45) is 1.58. The quantitative estimate of drug-likeness (QED) is 0.628. The molecule has 0 aromatic carbocycles. The molecule has 0 bridgehead atoms. The molecule has 1 aliphatic heterocycles. The van der Waals surface area contributed by atoms with Crippen molar-refractivity contribution in [2.24, 2.45) is 0 Å². The van der Waals surface area contributed by atoms with E-state index in [0.717, 1.165) is 41.8 Å². The number of thiophene rings is 1. The number of hydrogen-bond acceptors (Lipinski definition) is 7. The number of rotatable bonds is 5. The number of nitrogens with one attached hydrogen (secondary N) is 2. The van der Waals surface area contributed by atoms with Gasteiger partial charge in [0.25, 0.3) is 10.0 Å². The van der Waals surface area contributed by atoms with E-state index in [2.05, 4.69) is 10.0 Å². The van der Waals surface area contributed by atoms with E-state index in [1.807, 2.05) is 0 Å². The highest BCUT2D eigenvalue weighted by Crippen LogP contribution is 2.36. The van der Waals surface area contributed by atoms with Gasteiger partial charge >= 0.3 is 5.69 Å². The summed E-state index contributed by atoms with van der Waals surface area (Å²) in [5, 5.41) is 13.8. The van der Waals surface area contributed by atoms with Crippen LogP contribution in [0.5, 0.6) is 0 Å². The molecule has 0 aliphatic carbocycles. The SMILES string of the molecule is CNc1sc(S(=O)(=O)NC2CCSCC2)cc1[N+](=O)[O-]. The largest absolute Gasteiger partial charge is 0.374 e. The molecule has 2 rings (SSSR count). The minimum Gasteiger partial charge on any atom is -0.374 e. The molecule has 20 heavy (non-hydrogen) atoms. The molecule has 1 fully saturated rings. The second-order valence-electron chi connectivity index (χ2n) is 4.29. The summed E-state index contributed by atoms with van der Waals surface area (Å²) < 4.78 is 27.1. The molecule has 2 heterocycles. The molecule has 0 amide bonds. The fourth-order valence-electron chi connectivity index (χ4n) is 1.90. The molecule has 0 saturated carbocycles. The van der Waals surface area contributed by atoms with Crippen LogP contribution in [0.15, 0.2) is 10.3 Å². The van der Waals surface area contributed by atoms with Crippen molar-refractivity contribution in [3.8, 4) is 0 Å². The van der Waals surface area contributed by atoms with Crippen molar-refractivity contribution in [3.63, 3.8) is 0 Å². The summed E-state index contributed by atoms with van der Waals surface area (Å²) >= 11 is 2.68. The Morgan fingerprint density at radius 1 is 1.40 bits per heavy atom. The lowest BCUT2D eigenvalue weighted by molar-refractivity contribution is -0.383. The molecule has 10 heteroatoms. The minimum absolute atomic E-state index is 0.0215. The number of anilines is 1. The van der Waals surface area contributed by atoms with Crippen LogP contribution in [0.25, 0.3) is 0 Å². The Morgan fingerprint density at radius 2 is 2.05 bits per heavy atom. The summed E-state index contributed by atoms with van der Waals surface area (Å²) in [4.78, 5) is 10.3. The lowest BCUT2D eigenvalue weighted by atomic mass is 10.2. The smallest absolute Gasteiger partial charge is 0.304 e. The molecular weight excluding hydrogens is 322 g/mol. The number of nitrogens with zero attached hydrogens (tertiary/aromatic N) is 1. The number of sulfonamides is 1. The molecule has 0 atom stereocenters. The molecule has 7 nitrogen and oxygen atoms in total. The molecule has 1 aromatic rings. The zero-order valence-corrected chi connectivity index (χ0v) is 13.2. The third-order valence-corrected chi connectivity index (χ3v) is 7.11. The van der Waals surface area contributed by atoms with E-state index < -0.39 is 14.9 Å². The van der Waals surface area contributed by atoms with Crippen molar-refractivity contribution in [1.29, 1.82) is 0 Å². The van der Waals surface area contributed by atoms with E-state index in [1.165, 1.54) is 7.05 Å². The molecule has 0 unspecified atom stereocenters. The van der Waals surface area contributed by atoms with Gasteiger partial charge in [-0.05, 0) is 24.3 Å². The van der Waals surface area contributed by atoms with Gasteiger partial charge in [-0.2, -0.15) is 11.8 Å². The van der Waals surface area contributed by atoms with Crippen LogP contribution < -0.4 is 10.0 Å². The Balaban J connectivity index is 2.22. The van der Waals surface area contributed by atoms with Crippen molar-refractivity contribution in [2.45, 2.75) is 23.1 Å². The lowest BCUT2D eigenvalue weighted by Crippen LogP contribution is -2.36. The van der Waals surface area contributed by atoms with Crippen LogP contribution in [0.3, 0.4) is 0 Å². The molecule has 0 radical (unpaired) electrons. The van der Waals surface area contributed by atoms with Gasteiger partial charge in [0.05, 0.1) is 4.92 Å². The van der Waals surface area contributed by atoms with E-state index in [0.29, 0.717) is 0 Å². The number of hydrogen-bond donors (Lipinski definition) is 2. The average molecular weight is 337 g/mol. The topological polar surface area (TPSA) is 101 Å². The van der Waals surface area contributed by atoms with Gasteiger partial charge < -0.3 is 5.32 Å². The molecule has 112 valence electrons. The summed E-state index contributed by atoms with van der Waals surface area (Å²) in [6, 6.07) is 1.02. The van der Waals surface area contributed by atoms with Crippen LogP contribution >= 0.6 is 23.1 Å². The van der Waals surface area contributed by atoms with E-state index in [9.17, 15) is 18.5 Å². The molecule has 0 spiro atoms. The van der Waals surface area contributed by atoms with Gasteiger partial charge in [-0.15, -0.1) is 0 Å². The zero-order valence-electron chi connectivity index (χ0n) is 10.8. The summed E-state index contributed by atoms with van der Waals surface area (Å²) in [5.41, 5.74) is -0.211. The minimum atomic E-state index is -3.69. The molecular formula is C10H15N3O4S3.